The maximum atomic E-state index is 16.2. The molecule has 3 unspecified atom stereocenters. The third-order valence-electron chi connectivity index (χ3n) is 19.7. The van der Waals surface area contributed by atoms with Crippen LogP contribution < -0.4 is 16.0 Å². The molecule has 23 heteroatoms. The van der Waals surface area contributed by atoms with Crippen LogP contribution in [0.25, 0.3) is 22.3 Å². The second kappa shape index (κ2) is 28.0. The number of ether oxygens (including phenoxy) is 9. The van der Waals surface area contributed by atoms with Gasteiger partial charge in [0.2, 0.25) is 6.10 Å². The van der Waals surface area contributed by atoms with E-state index in [0.717, 1.165) is 51.4 Å². The summed E-state index contributed by atoms with van der Waals surface area (Å²) in [6, 6.07) is 44.9. The number of carbonyl (C=O) groups excluding carboxylic acids is 9. The molecule has 3 fully saturated rings. The topological polar surface area (TPSA) is 313 Å². The number of hydrogen-bond acceptors (Lipinski definition) is 20. The number of alkyl carbamates (subject to hydrolysis) is 3. The van der Waals surface area contributed by atoms with Gasteiger partial charge in [0.1, 0.15) is 68.0 Å². The Balaban J connectivity index is 0.864. The van der Waals surface area contributed by atoms with Crippen molar-refractivity contribution in [2.24, 2.45) is 11.3 Å². The highest BCUT2D eigenvalue weighted by molar-refractivity contribution is 5.95. The number of ketones is 2. The molecule has 2 saturated carbocycles. The Morgan fingerprint density at radius 2 is 1.19 bits per heavy atom. The van der Waals surface area contributed by atoms with Gasteiger partial charge in [0.15, 0.2) is 17.2 Å². The summed E-state index contributed by atoms with van der Waals surface area (Å²) < 4.78 is 54.5. The normalized spacial score (nSPS) is 24.7. The van der Waals surface area contributed by atoms with E-state index in [4.69, 9.17) is 42.6 Å². The van der Waals surface area contributed by atoms with E-state index in [-0.39, 0.29) is 53.7 Å². The van der Waals surface area contributed by atoms with Gasteiger partial charge in [-0.1, -0.05) is 146 Å². The van der Waals surface area contributed by atoms with Gasteiger partial charge in [-0.05, 0) is 108 Å². The molecule has 516 valence electrons. The van der Waals surface area contributed by atoms with E-state index in [1.165, 1.54) is 38.1 Å². The van der Waals surface area contributed by atoms with Crippen LogP contribution in [0, 0.1) is 11.3 Å². The molecule has 99 heavy (non-hydrogen) atoms. The molecule has 1 saturated heterocycles. The molecule has 0 spiro atoms. The molecule has 2 bridgehead atoms. The quantitative estimate of drug-likeness (QED) is 0.0271. The van der Waals surface area contributed by atoms with Crippen LogP contribution in [0.1, 0.15) is 117 Å². The van der Waals surface area contributed by atoms with E-state index < -0.39 is 164 Å². The summed E-state index contributed by atoms with van der Waals surface area (Å²) in [5.74, 6) is -8.46. The SMILES string of the molecule is CC(=O)O[C@@]12COC1C[C@H](O)C1(C)C(=O)[C@H](OCC(=O)CNC(=O)OCC3c4ccccc4-c4ccccc43)C3=C(C)[C@@H](OC(=O)[C@H](OC(=O)CNC(=O)OCC4c5ccccc5-c5ccccc54)[C@@H](NC(=O)OC(C)(C)C)c4ccccc4)C[C@](O)(C3)[C@@H](OC(=O)c3ccccc3)C12. The average Bonchev–Trinajstić information content (AvgIpc) is 1.47. The molecular weight excluding hydrogens is 1270 g/mol. The molecule has 1 heterocycles. The van der Waals surface area contributed by atoms with Gasteiger partial charge in [-0.2, -0.15) is 0 Å². The van der Waals surface area contributed by atoms with Gasteiger partial charge in [0.05, 0.1) is 36.2 Å². The zero-order chi connectivity index (χ0) is 70.1. The highest BCUT2D eigenvalue weighted by Crippen LogP contribution is 2.61. The Bertz CT molecular complexity index is 4080. The van der Waals surface area contributed by atoms with Crippen molar-refractivity contribution in [2.45, 2.75) is 132 Å². The Kier molecular flexibility index (Phi) is 19.5. The number of hydrogen-bond donors (Lipinski definition) is 5. The number of Topliss-reactive ketones (excluding diaryl/α,β-unsaturated/α-hetero) is 2. The summed E-state index contributed by atoms with van der Waals surface area (Å²) in [6.07, 6.45) is -15.2. The van der Waals surface area contributed by atoms with Crippen molar-refractivity contribution in [2.75, 3.05) is 39.5 Å². The summed E-state index contributed by atoms with van der Waals surface area (Å²) in [6.45, 7) is 5.75. The number of amides is 3. The summed E-state index contributed by atoms with van der Waals surface area (Å²) in [7, 11) is 0. The second-order valence-electron chi connectivity index (χ2n) is 27.1. The Hall–Kier alpha value is -10.1. The van der Waals surface area contributed by atoms with Gasteiger partial charge in [-0.3, -0.25) is 19.2 Å². The van der Waals surface area contributed by atoms with E-state index in [2.05, 4.69) is 16.0 Å². The lowest BCUT2D eigenvalue weighted by Crippen LogP contribution is -2.80. The zero-order valence-corrected chi connectivity index (χ0v) is 55.4. The smallest absolute Gasteiger partial charge is 0.408 e. The second-order valence-corrected chi connectivity index (χ2v) is 27.1. The molecule has 6 aromatic rings. The minimum absolute atomic E-state index is 0.00476. The van der Waals surface area contributed by atoms with Crippen molar-refractivity contribution in [3.8, 4) is 22.3 Å². The fraction of sp³-hybridized carbons (Fsp3) is 0.382. The van der Waals surface area contributed by atoms with Crippen molar-refractivity contribution >= 4 is 53.7 Å². The molecule has 0 aromatic heterocycles. The molecular formula is C76H77N3O20. The minimum Gasteiger partial charge on any atom is -0.455 e. The fourth-order valence-electron chi connectivity index (χ4n) is 15.0. The molecule has 23 nitrogen and oxygen atoms in total. The Morgan fingerprint density at radius 1 is 0.677 bits per heavy atom. The van der Waals surface area contributed by atoms with Crippen molar-refractivity contribution in [1.82, 2.24) is 16.0 Å². The highest BCUT2D eigenvalue weighted by Gasteiger charge is 2.76. The van der Waals surface area contributed by atoms with Crippen LogP contribution in [-0.4, -0.2) is 157 Å². The van der Waals surface area contributed by atoms with Crippen molar-refractivity contribution < 1.29 is 96.0 Å². The first-order chi connectivity index (χ1) is 47.4. The zero-order valence-electron chi connectivity index (χ0n) is 55.4. The third-order valence-corrected chi connectivity index (χ3v) is 19.7. The number of esters is 4. The van der Waals surface area contributed by atoms with Crippen LogP contribution in [0.15, 0.2) is 169 Å². The summed E-state index contributed by atoms with van der Waals surface area (Å²) in [5.41, 5.74) is 0.220. The van der Waals surface area contributed by atoms with Gasteiger partial charge in [-0.15, -0.1) is 0 Å². The maximum absolute atomic E-state index is 16.2. The maximum Gasteiger partial charge on any atom is 0.408 e. The largest absolute Gasteiger partial charge is 0.455 e. The minimum atomic E-state index is -2.51. The van der Waals surface area contributed by atoms with Gasteiger partial charge >= 0.3 is 42.2 Å². The molecule has 11 atom stereocenters. The average molecular weight is 1350 g/mol. The molecule has 6 aliphatic rings. The van der Waals surface area contributed by atoms with E-state index in [0.29, 0.717) is 0 Å². The lowest BCUT2D eigenvalue weighted by atomic mass is 9.48. The van der Waals surface area contributed by atoms with Crippen LogP contribution in [-0.2, 0) is 66.6 Å². The third kappa shape index (κ3) is 13.8. The summed E-state index contributed by atoms with van der Waals surface area (Å²) >= 11 is 0. The monoisotopic (exact) mass is 1350 g/mol. The molecule has 5 aliphatic carbocycles. The number of nitrogens with one attached hydrogen (secondary N) is 3. The van der Waals surface area contributed by atoms with Gasteiger partial charge in [-0.25, -0.2) is 24.0 Å². The van der Waals surface area contributed by atoms with Crippen LogP contribution in [0.4, 0.5) is 14.4 Å². The first-order valence-electron chi connectivity index (χ1n) is 32.8. The Morgan fingerprint density at radius 3 is 1.71 bits per heavy atom. The van der Waals surface area contributed by atoms with Crippen LogP contribution in [0.3, 0.4) is 0 Å². The van der Waals surface area contributed by atoms with Crippen LogP contribution >= 0.6 is 0 Å². The standard InChI is InChI=1S/C76H77N3O20/c1-42-55-34-75(90,35-58(42)95-69(86)64(62(44-21-9-7-10-22-44)79-72(89)99-73(3,4)5)96-61(83)37-78-71(88)93-40-57-53-31-19-15-27-49(53)50-28-16-20-32-54(50)57)67(97-68(85)45-23-11-8-12-24-45)65-74(6,59(82)33-60-76(65,41-94-60)98-43(2)80)66(84)63(55)91-38-46(81)36-77-70(87)92-39-56-51-29-17-13-25-47(51)48-26-14-18-30-52(48)56/h7-32,56-60,62-65,67,82,90H,33-41H2,1-6H3,(H,77,87)(H,78,88)(H,79,89)/t58-,59-,60?,62-,63+,64+,65?,67-,74?,75+,76-/m0/s1. The number of carbonyl (C=O) groups is 9. The molecule has 3 amide bonds. The fourth-order valence-corrected chi connectivity index (χ4v) is 15.0. The predicted octanol–water partition coefficient (Wildman–Crippen LogP) is 8.85. The van der Waals surface area contributed by atoms with E-state index in [9.17, 15) is 43.8 Å². The summed E-state index contributed by atoms with van der Waals surface area (Å²) in [5, 5.41) is 33.9. The number of benzene rings is 6. The van der Waals surface area contributed by atoms with Gasteiger partial charge < -0.3 is 68.8 Å². The number of rotatable bonds is 20. The number of aliphatic hydroxyl groups is 2. The number of aliphatic hydroxyl groups excluding tert-OH is 1. The molecule has 1 aliphatic heterocycles. The molecule has 5 N–H and O–H groups in total. The lowest BCUT2D eigenvalue weighted by molar-refractivity contribution is -0.341. The molecule has 12 rings (SSSR count). The van der Waals surface area contributed by atoms with E-state index in [1.807, 2.05) is 97.1 Å². The van der Waals surface area contributed by atoms with E-state index >= 15 is 9.59 Å². The summed E-state index contributed by atoms with van der Waals surface area (Å²) in [4.78, 5) is 129. The van der Waals surface area contributed by atoms with Crippen LogP contribution in [0.5, 0.6) is 0 Å². The van der Waals surface area contributed by atoms with E-state index in [1.54, 1.807) is 57.2 Å². The van der Waals surface area contributed by atoms with Crippen molar-refractivity contribution in [3.05, 3.63) is 202 Å². The van der Waals surface area contributed by atoms with Crippen LogP contribution in [0.2, 0.25) is 0 Å². The van der Waals surface area contributed by atoms with Gasteiger partial charge in [0, 0.05) is 38.0 Å². The van der Waals surface area contributed by atoms with Gasteiger partial charge in [0.25, 0.3) is 0 Å². The number of fused-ring (bicyclic) bond motifs is 11. The predicted molar refractivity (Wildman–Crippen MR) is 353 cm³/mol. The Labute approximate surface area is 570 Å². The lowest BCUT2D eigenvalue weighted by Gasteiger charge is -2.65. The highest BCUT2D eigenvalue weighted by atomic mass is 16.6. The molecule has 6 aromatic carbocycles. The first-order valence-corrected chi connectivity index (χ1v) is 32.8. The first kappa shape index (κ1) is 68.9. The molecule has 0 radical (unpaired) electrons. The van der Waals surface area contributed by atoms with Crippen molar-refractivity contribution in [1.29, 1.82) is 0 Å². The van der Waals surface area contributed by atoms with Crippen molar-refractivity contribution in [3.63, 3.8) is 0 Å².